The topological polar surface area (TPSA) is 93.7 Å². The molecule has 0 bridgehead atoms. The number of nitrogens with one attached hydrogen (secondary N) is 1. The van der Waals surface area contributed by atoms with Gasteiger partial charge in [-0.1, -0.05) is 42.5 Å². The van der Waals surface area contributed by atoms with E-state index >= 15 is 0 Å². The Balaban J connectivity index is 2.01. The Morgan fingerprint density at radius 1 is 0.960 bits per heavy atom. The highest BCUT2D eigenvalue weighted by atomic mass is 19.4. The Morgan fingerprint density at radius 2 is 1.56 bits per heavy atom. The van der Waals surface area contributed by atoms with Crippen molar-refractivity contribution in [3.05, 3.63) is 65.7 Å². The summed E-state index contributed by atoms with van der Waals surface area (Å²) in [5, 5.41) is 12.4. The van der Waals surface area contributed by atoms with E-state index in [-0.39, 0.29) is 23.0 Å². The third-order valence-corrected chi connectivity index (χ3v) is 3.70. The molecule has 25 heavy (non-hydrogen) atoms. The summed E-state index contributed by atoms with van der Waals surface area (Å²) in [5.41, 5.74) is 12.4. The van der Waals surface area contributed by atoms with Crippen LogP contribution >= 0.6 is 0 Å². The summed E-state index contributed by atoms with van der Waals surface area (Å²) in [7, 11) is 0. The highest BCUT2D eigenvalue weighted by Gasteiger charge is 2.30. The van der Waals surface area contributed by atoms with Crippen LogP contribution in [0.1, 0.15) is 11.1 Å². The van der Waals surface area contributed by atoms with Gasteiger partial charge in [-0.2, -0.15) is 23.0 Å². The van der Waals surface area contributed by atoms with E-state index in [1.165, 1.54) is 12.1 Å². The summed E-state index contributed by atoms with van der Waals surface area (Å²) in [5.74, 6) is 0.0757. The molecule has 0 fully saturated rings. The number of halogens is 3. The van der Waals surface area contributed by atoms with E-state index in [1.54, 1.807) is 24.3 Å². The molecule has 3 aromatic rings. The van der Waals surface area contributed by atoms with Gasteiger partial charge in [0.2, 0.25) is 0 Å². The third-order valence-electron chi connectivity index (χ3n) is 3.70. The van der Waals surface area contributed by atoms with Gasteiger partial charge in [0.15, 0.2) is 11.7 Å². The molecule has 0 aliphatic carbocycles. The van der Waals surface area contributed by atoms with Gasteiger partial charge in [0.1, 0.15) is 11.4 Å². The van der Waals surface area contributed by atoms with Crippen molar-refractivity contribution in [3.63, 3.8) is 0 Å². The van der Waals surface area contributed by atoms with Crippen LogP contribution in [0.3, 0.4) is 0 Å². The molecule has 0 radical (unpaired) electrons. The molecular weight excluding hydrogens is 331 g/mol. The number of hydrogen-bond donors (Lipinski definition) is 3. The average Bonchev–Trinajstić information content (AvgIpc) is 2.90. The Morgan fingerprint density at radius 3 is 2.12 bits per heavy atom. The van der Waals surface area contributed by atoms with Gasteiger partial charge >= 0.3 is 6.18 Å². The molecule has 0 aliphatic rings. The van der Waals surface area contributed by atoms with Gasteiger partial charge in [-0.05, 0) is 12.1 Å². The van der Waals surface area contributed by atoms with E-state index in [0.717, 1.165) is 16.8 Å². The first-order valence-corrected chi connectivity index (χ1v) is 7.25. The van der Waals surface area contributed by atoms with E-state index in [0.29, 0.717) is 11.1 Å². The zero-order chi connectivity index (χ0) is 18.2. The van der Waals surface area contributed by atoms with Crippen molar-refractivity contribution in [2.24, 2.45) is 0 Å². The standard InChI is InChI=1S/C17H14F3N5/c18-17(19,20)12-8-6-10(7-9-12)14-13(21)16(23)25(24-14)15(22)11-4-2-1-3-5-11/h1-9,22H,21,23H2. The van der Waals surface area contributed by atoms with Crippen LogP contribution in [0.15, 0.2) is 54.6 Å². The summed E-state index contributed by atoms with van der Waals surface area (Å²) in [6.07, 6.45) is -4.42. The number of anilines is 2. The van der Waals surface area contributed by atoms with Crippen LogP contribution in [0.2, 0.25) is 0 Å². The highest BCUT2D eigenvalue weighted by Crippen LogP contribution is 2.33. The molecular formula is C17H14F3N5. The first-order valence-electron chi connectivity index (χ1n) is 7.25. The summed E-state index contributed by atoms with van der Waals surface area (Å²) < 4.78 is 39.2. The maximum absolute atomic E-state index is 12.7. The lowest BCUT2D eigenvalue weighted by atomic mass is 10.1. The van der Waals surface area contributed by atoms with Gasteiger partial charge in [-0.15, -0.1) is 0 Å². The Hall–Kier alpha value is -3.29. The first-order chi connectivity index (χ1) is 11.8. The minimum absolute atomic E-state index is 0.0166. The zero-order valence-electron chi connectivity index (χ0n) is 12.9. The number of alkyl halides is 3. The number of benzene rings is 2. The molecule has 5 nitrogen and oxygen atoms in total. The van der Waals surface area contributed by atoms with Crippen LogP contribution in [0.5, 0.6) is 0 Å². The van der Waals surface area contributed by atoms with Gasteiger partial charge in [0.25, 0.3) is 0 Å². The largest absolute Gasteiger partial charge is 0.416 e. The SMILES string of the molecule is N=C(c1ccccc1)n1nc(-c2ccc(C(F)(F)F)cc2)c(N)c1N. The average molecular weight is 345 g/mol. The smallest absolute Gasteiger partial charge is 0.394 e. The molecule has 3 rings (SSSR count). The number of rotatable bonds is 2. The van der Waals surface area contributed by atoms with Crippen molar-refractivity contribution in [2.45, 2.75) is 6.18 Å². The third kappa shape index (κ3) is 3.06. The second kappa shape index (κ2) is 5.97. The monoisotopic (exact) mass is 345 g/mol. The lowest BCUT2D eigenvalue weighted by Crippen LogP contribution is -2.16. The minimum Gasteiger partial charge on any atom is -0.394 e. The molecule has 0 atom stereocenters. The summed E-state index contributed by atoms with van der Waals surface area (Å²) in [6.45, 7) is 0. The van der Waals surface area contributed by atoms with Crippen molar-refractivity contribution in [3.8, 4) is 11.3 Å². The molecule has 128 valence electrons. The summed E-state index contributed by atoms with van der Waals surface area (Å²) in [6, 6.07) is 13.2. The first kappa shape index (κ1) is 16.6. The highest BCUT2D eigenvalue weighted by molar-refractivity contribution is 6.01. The van der Waals surface area contributed by atoms with Crippen LogP contribution in [-0.4, -0.2) is 15.6 Å². The molecule has 0 saturated heterocycles. The van der Waals surface area contributed by atoms with Crippen LogP contribution < -0.4 is 11.5 Å². The van der Waals surface area contributed by atoms with Crippen molar-refractivity contribution >= 4 is 17.3 Å². The van der Waals surface area contributed by atoms with Crippen molar-refractivity contribution < 1.29 is 13.2 Å². The Bertz CT molecular complexity index is 912. The normalized spacial score (nSPS) is 11.5. The van der Waals surface area contributed by atoms with Crippen LogP contribution in [0, 0.1) is 5.41 Å². The predicted molar refractivity (Wildman–Crippen MR) is 90.2 cm³/mol. The van der Waals surface area contributed by atoms with Crippen LogP contribution in [0.25, 0.3) is 11.3 Å². The molecule has 8 heteroatoms. The summed E-state index contributed by atoms with van der Waals surface area (Å²) in [4.78, 5) is 0. The fourth-order valence-electron chi connectivity index (χ4n) is 2.36. The van der Waals surface area contributed by atoms with Crippen molar-refractivity contribution in [1.82, 2.24) is 9.78 Å². The van der Waals surface area contributed by atoms with Crippen LogP contribution in [-0.2, 0) is 6.18 Å². The van der Waals surface area contributed by atoms with E-state index in [2.05, 4.69) is 5.10 Å². The quantitative estimate of drug-likeness (QED) is 0.489. The van der Waals surface area contributed by atoms with E-state index in [4.69, 9.17) is 16.9 Å². The van der Waals surface area contributed by atoms with Crippen LogP contribution in [0.4, 0.5) is 24.7 Å². The second-order valence-corrected chi connectivity index (χ2v) is 5.35. The van der Waals surface area contributed by atoms with E-state index < -0.39 is 11.7 Å². The zero-order valence-corrected chi connectivity index (χ0v) is 12.9. The molecule has 0 aliphatic heterocycles. The van der Waals surface area contributed by atoms with Gasteiger partial charge in [0, 0.05) is 11.1 Å². The fraction of sp³-hybridized carbons (Fsp3) is 0.0588. The lowest BCUT2D eigenvalue weighted by molar-refractivity contribution is -0.137. The van der Waals surface area contributed by atoms with E-state index in [1.807, 2.05) is 6.07 Å². The number of aromatic nitrogens is 2. The molecule has 1 heterocycles. The molecule has 5 N–H and O–H groups in total. The van der Waals surface area contributed by atoms with Crippen molar-refractivity contribution in [2.75, 3.05) is 11.5 Å². The van der Waals surface area contributed by atoms with E-state index in [9.17, 15) is 13.2 Å². The number of hydrogen-bond acceptors (Lipinski definition) is 4. The Labute approximate surface area is 141 Å². The number of nitrogens with two attached hydrogens (primary N) is 2. The molecule has 1 aromatic heterocycles. The second-order valence-electron chi connectivity index (χ2n) is 5.35. The van der Waals surface area contributed by atoms with Crippen molar-refractivity contribution in [1.29, 1.82) is 5.41 Å². The molecule has 0 unspecified atom stereocenters. The Kier molecular flexibility index (Phi) is 3.96. The number of nitrogen functional groups attached to an aromatic ring is 2. The lowest BCUT2D eigenvalue weighted by Gasteiger charge is -2.07. The van der Waals surface area contributed by atoms with Gasteiger partial charge in [0.05, 0.1) is 5.56 Å². The number of nitrogens with zero attached hydrogens (tertiary/aromatic N) is 2. The molecule has 0 saturated carbocycles. The molecule has 0 spiro atoms. The van der Waals surface area contributed by atoms with Gasteiger partial charge in [-0.25, -0.2) is 0 Å². The summed E-state index contributed by atoms with van der Waals surface area (Å²) >= 11 is 0. The maximum atomic E-state index is 12.7. The fourth-order valence-corrected chi connectivity index (χ4v) is 2.36. The maximum Gasteiger partial charge on any atom is 0.416 e. The van der Waals surface area contributed by atoms with Gasteiger partial charge < -0.3 is 11.5 Å². The minimum atomic E-state index is -4.42. The molecule has 2 aromatic carbocycles. The van der Waals surface area contributed by atoms with Gasteiger partial charge in [-0.3, -0.25) is 5.41 Å². The predicted octanol–water partition coefficient (Wildman–Crippen LogP) is 3.61. The molecule has 0 amide bonds.